The molecule has 6 heterocycles. The number of benzene rings is 9. The molecular formula is C62H44N2O2. The zero-order chi connectivity index (χ0) is 44.1. The normalized spacial score (nSPS) is 13.3. The van der Waals surface area contributed by atoms with Gasteiger partial charge in [-0.1, -0.05) is 151 Å². The van der Waals surface area contributed by atoms with E-state index in [1.807, 2.05) is 0 Å². The van der Waals surface area contributed by atoms with Gasteiger partial charge in [-0.15, -0.1) is 0 Å². The molecule has 314 valence electrons. The molecular weight excluding hydrogens is 805 g/mol. The maximum absolute atomic E-state index is 7.04. The SMILES string of the molecule is CC(C)(C)c1cc2c3ccc4c5ccccc5oc4c3n3c4c(-c5ccccc5)c5c6cc(C(C)(C)C)cc7c8ccc9c%10ccccc%10oc9c8n(c5c(-c5ccccc5)c4c(c1)c23)c76. The lowest BCUT2D eigenvalue weighted by Crippen LogP contribution is -2.10. The Kier molecular flexibility index (Phi) is 6.69. The molecule has 0 unspecified atom stereocenters. The predicted molar refractivity (Wildman–Crippen MR) is 279 cm³/mol. The number of aromatic nitrogens is 2. The monoisotopic (exact) mass is 848 g/mol. The molecule has 66 heavy (non-hydrogen) atoms. The average molecular weight is 849 g/mol. The van der Waals surface area contributed by atoms with Gasteiger partial charge in [-0.05, 0) is 81.6 Å². The van der Waals surface area contributed by atoms with E-state index in [0.717, 1.165) is 54.9 Å². The molecule has 9 aromatic carbocycles. The third-order valence-corrected chi connectivity index (χ3v) is 15.0. The van der Waals surface area contributed by atoms with Gasteiger partial charge < -0.3 is 17.6 Å². The Hall–Kier alpha value is -7.82. The Morgan fingerprint density at radius 2 is 0.682 bits per heavy atom. The van der Waals surface area contributed by atoms with Crippen LogP contribution in [0.4, 0.5) is 0 Å². The van der Waals surface area contributed by atoms with E-state index in [1.54, 1.807) is 0 Å². The second kappa shape index (κ2) is 12.1. The fourth-order valence-corrected chi connectivity index (χ4v) is 12.0. The summed E-state index contributed by atoms with van der Waals surface area (Å²) < 4.78 is 19.3. The molecule has 0 aliphatic rings. The highest BCUT2D eigenvalue weighted by Crippen LogP contribution is 2.56. The van der Waals surface area contributed by atoms with Gasteiger partial charge in [0, 0.05) is 75.8 Å². The second-order valence-electron chi connectivity index (χ2n) is 20.8. The molecule has 6 aromatic heterocycles. The van der Waals surface area contributed by atoms with Crippen molar-refractivity contribution in [1.29, 1.82) is 0 Å². The van der Waals surface area contributed by atoms with Crippen molar-refractivity contribution in [1.82, 2.24) is 8.80 Å². The minimum Gasteiger partial charge on any atom is -0.454 e. The summed E-state index contributed by atoms with van der Waals surface area (Å²) in [5.74, 6) is 0. The number of nitrogens with zero attached hydrogens (tertiary/aromatic N) is 2. The van der Waals surface area contributed by atoms with Gasteiger partial charge in [0.2, 0.25) is 0 Å². The zero-order valence-electron chi connectivity index (χ0n) is 37.7. The highest BCUT2D eigenvalue weighted by Gasteiger charge is 2.34. The summed E-state index contributed by atoms with van der Waals surface area (Å²) in [6, 6.07) is 58.5. The molecule has 0 amide bonds. The molecule has 0 spiro atoms. The summed E-state index contributed by atoms with van der Waals surface area (Å²) in [4.78, 5) is 0. The smallest absolute Gasteiger partial charge is 0.160 e. The van der Waals surface area contributed by atoms with Gasteiger partial charge >= 0.3 is 0 Å². The van der Waals surface area contributed by atoms with E-state index in [-0.39, 0.29) is 10.8 Å². The molecule has 0 saturated heterocycles. The van der Waals surface area contributed by atoms with Crippen LogP contribution in [-0.4, -0.2) is 8.80 Å². The number of furan rings is 2. The quantitative estimate of drug-likeness (QED) is 0.174. The maximum atomic E-state index is 7.04. The van der Waals surface area contributed by atoms with Crippen LogP contribution in [0.15, 0.2) is 167 Å². The first kappa shape index (κ1) is 36.5. The first-order valence-corrected chi connectivity index (χ1v) is 23.3. The maximum Gasteiger partial charge on any atom is 0.160 e. The van der Waals surface area contributed by atoms with Gasteiger partial charge in [-0.3, -0.25) is 0 Å². The molecule has 15 rings (SSSR count). The zero-order valence-corrected chi connectivity index (χ0v) is 37.7. The fourth-order valence-electron chi connectivity index (χ4n) is 12.0. The number of rotatable bonds is 2. The van der Waals surface area contributed by atoms with Crippen LogP contribution >= 0.6 is 0 Å². The first-order chi connectivity index (χ1) is 32.0. The molecule has 0 atom stereocenters. The number of para-hydroxylation sites is 2. The van der Waals surface area contributed by atoms with Crippen LogP contribution in [0.1, 0.15) is 52.7 Å². The second-order valence-corrected chi connectivity index (χ2v) is 20.8. The summed E-state index contributed by atoms with van der Waals surface area (Å²) in [7, 11) is 0. The topological polar surface area (TPSA) is 35.1 Å². The van der Waals surface area contributed by atoms with Crippen LogP contribution in [-0.2, 0) is 10.8 Å². The van der Waals surface area contributed by atoms with Crippen molar-refractivity contribution >= 4 is 120 Å². The van der Waals surface area contributed by atoms with E-state index in [2.05, 4.69) is 208 Å². The Bertz CT molecular complexity index is 4270. The van der Waals surface area contributed by atoms with Crippen LogP contribution in [0.25, 0.3) is 142 Å². The van der Waals surface area contributed by atoms with E-state index in [1.165, 1.54) is 98.5 Å². The highest BCUT2D eigenvalue weighted by atomic mass is 16.3. The number of hydrogen-bond donors (Lipinski definition) is 0. The third-order valence-electron chi connectivity index (χ3n) is 15.0. The van der Waals surface area contributed by atoms with Crippen LogP contribution in [0.2, 0.25) is 0 Å². The van der Waals surface area contributed by atoms with Crippen LogP contribution in [0.3, 0.4) is 0 Å². The van der Waals surface area contributed by atoms with Crippen molar-refractivity contribution in [3.05, 3.63) is 169 Å². The fraction of sp³-hybridized carbons (Fsp3) is 0.129. The summed E-state index contributed by atoms with van der Waals surface area (Å²) in [5.41, 5.74) is 17.9. The summed E-state index contributed by atoms with van der Waals surface area (Å²) in [6.45, 7) is 14.0. The lowest BCUT2D eigenvalue weighted by Gasteiger charge is -2.20. The van der Waals surface area contributed by atoms with E-state index >= 15 is 0 Å². The van der Waals surface area contributed by atoms with E-state index < -0.39 is 0 Å². The van der Waals surface area contributed by atoms with Crippen molar-refractivity contribution in [2.24, 2.45) is 0 Å². The average Bonchev–Trinajstić information content (AvgIpc) is 4.17. The Morgan fingerprint density at radius 3 is 1.09 bits per heavy atom. The van der Waals surface area contributed by atoms with Gasteiger partial charge in [0.15, 0.2) is 11.2 Å². The summed E-state index contributed by atoms with van der Waals surface area (Å²) in [6.07, 6.45) is 0. The van der Waals surface area contributed by atoms with Gasteiger partial charge in [-0.25, -0.2) is 0 Å². The molecule has 4 heteroatoms. The van der Waals surface area contributed by atoms with Crippen LogP contribution in [0.5, 0.6) is 0 Å². The van der Waals surface area contributed by atoms with Crippen LogP contribution in [0, 0.1) is 0 Å². The van der Waals surface area contributed by atoms with Crippen molar-refractivity contribution in [3.8, 4) is 22.3 Å². The Labute approximate surface area is 379 Å². The largest absolute Gasteiger partial charge is 0.454 e. The Balaban J connectivity index is 1.33. The molecule has 0 radical (unpaired) electrons. The Morgan fingerprint density at radius 1 is 0.318 bits per heavy atom. The first-order valence-electron chi connectivity index (χ1n) is 23.3. The van der Waals surface area contributed by atoms with Crippen molar-refractivity contribution in [2.75, 3.05) is 0 Å². The van der Waals surface area contributed by atoms with Crippen molar-refractivity contribution in [3.63, 3.8) is 0 Å². The molecule has 0 fully saturated rings. The lowest BCUT2D eigenvalue weighted by atomic mass is 9.83. The van der Waals surface area contributed by atoms with Gasteiger partial charge in [0.05, 0.1) is 33.1 Å². The molecule has 0 bridgehead atoms. The minimum atomic E-state index is -0.119. The molecule has 0 saturated carbocycles. The number of hydrogen-bond acceptors (Lipinski definition) is 2. The van der Waals surface area contributed by atoms with E-state index in [0.29, 0.717) is 0 Å². The number of fused-ring (bicyclic) bond motifs is 20. The van der Waals surface area contributed by atoms with Gasteiger partial charge in [-0.2, -0.15) is 0 Å². The predicted octanol–water partition coefficient (Wildman–Crippen LogP) is 17.7. The van der Waals surface area contributed by atoms with E-state index in [4.69, 9.17) is 8.83 Å². The molecule has 0 aliphatic carbocycles. The molecule has 4 nitrogen and oxygen atoms in total. The van der Waals surface area contributed by atoms with Crippen molar-refractivity contribution < 1.29 is 8.83 Å². The summed E-state index contributed by atoms with van der Waals surface area (Å²) in [5, 5.41) is 14.4. The minimum absolute atomic E-state index is 0.119. The van der Waals surface area contributed by atoms with Gasteiger partial charge in [0.25, 0.3) is 0 Å². The van der Waals surface area contributed by atoms with Gasteiger partial charge in [0.1, 0.15) is 11.2 Å². The highest BCUT2D eigenvalue weighted by molar-refractivity contribution is 6.40. The molecule has 0 aliphatic heterocycles. The lowest BCUT2D eigenvalue weighted by molar-refractivity contribution is 0.591. The molecule has 15 aromatic rings. The standard InChI is InChI=1S/C62H44N2O2/c1-61(2,3)35-29-43-39-25-27-41-37-21-13-15-23-47(37)65-59(41)55(39)63-53(43)45(31-35)51-49(33-17-9-7-10-18-33)58-52(50(57(51)63)34-19-11-8-12-20-34)46-32-36(62(4,5)6)30-44-40-26-28-42-38-22-14-16-24-48(38)66-60(42)56(40)64(58)54(44)46/h7-32H,1-6H3. The van der Waals surface area contributed by atoms with E-state index in [9.17, 15) is 0 Å². The molecule has 0 N–H and O–H groups in total. The third kappa shape index (κ3) is 4.44. The summed E-state index contributed by atoms with van der Waals surface area (Å²) >= 11 is 0. The van der Waals surface area contributed by atoms with Crippen molar-refractivity contribution in [2.45, 2.75) is 52.4 Å². The van der Waals surface area contributed by atoms with Crippen LogP contribution < -0.4 is 0 Å².